The number of carbonyl (C=O) groups excluding carboxylic acids is 1. The van der Waals surface area contributed by atoms with Crippen molar-refractivity contribution in [3.05, 3.63) is 66.4 Å². The molecule has 7 heteroatoms. The largest absolute Gasteiger partial charge is 0.493 e. The molecule has 0 saturated carbocycles. The van der Waals surface area contributed by atoms with Crippen molar-refractivity contribution in [1.29, 1.82) is 0 Å². The van der Waals surface area contributed by atoms with Crippen LogP contribution in [0.2, 0.25) is 0 Å². The minimum atomic E-state index is -0.113. The van der Waals surface area contributed by atoms with Crippen LogP contribution in [0.4, 0.5) is 0 Å². The zero-order valence-corrected chi connectivity index (χ0v) is 14.7. The summed E-state index contributed by atoms with van der Waals surface area (Å²) >= 11 is 0. The molecule has 0 unspecified atom stereocenters. The zero-order chi connectivity index (χ0) is 18.4. The van der Waals surface area contributed by atoms with Gasteiger partial charge in [0.2, 0.25) is 11.8 Å². The molecule has 134 valence electrons. The highest BCUT2D eigenvalue weighted by atomic mass is 16.5. The second-order valence-electron chi connectivity index (χ2n) is 5.60. The molecule has 0 fully saturated rings. The van der Waals surface area contributed by atoms with E-state index in [1.54, 1.807) is 42.4 Å². The fourth-order valence-corrected chi connectivity index (χ4v) is 2.43. The van der Waals surface area contributed by atoms with Gasteiger partial charge in [0.05, 0.1) is 7.11 Å². The average molecular weight is 352 g/mol. The molecule has 0 aliphatic rings. The van der Waals surface area contributed by atoms with Gasteiger partial charge in [0.15, 0.2) is 11.5 Å². The Labute approximate surface area is 151 Å². The van der Waals surface area contributed by atoms with Gasteiger partial charge in [-0.15, -0.1) is 0 Å². The minimum absolute atomic E-state index is 0.113. The fourth-order valence-electron chi connectivity index (χ4n) is 2.43. The number of para-hydroxylation sites is 2. The SMILES string of the molecule is COc1ccccc1Oc1ncccc1CNC(=O)Cn1ccnc1C. The highest BCUT2D eigenvalue weighted by Gasteiger charge is 2.11. The number of rotatable bonds is 7. The third-order valence-electron chi connectivity index (χ3n) is 3.84. The molecule has 0 bridgehead atoms. The van der Waals surface area contributed by atoms with Gasteiger partial charge in [0.1, 0.15) is 12.4 Å². The highest BCUT2D eigenvalue weighted by molar-refractivity contribution is 5.75. The molecule has 3 aromatic rings. The van der Waals surface area contributed by atoms with E-state index in [0.29, 0.717) is 23.9 Å². The Morgan fingerprint density at radius 3 is 2.65 bits per heavy atom. The molecule has 0 radical (unpaired) electrons. The Balaban J connectivity index is 1.67. The van der Waals surface area contributed by atoms with Crippen molar-refractivity contribution in [1.82, 2.24) is 19.9 Å². The molecule has 1 N–H and O–H groups in total. The first-order chi connectivity index (χ1) is 12.7. The molecule has 0 saturated heterocycles. The maximum Gasteiger partial charge on any atom is 0.240 e. The minimum Gasteiger partial charge on any atom is -0.493 e. The number of pyridine rings is 1. The van der Waals surface area contributed by atoms with Gasteiger partial charge < -0.3 is 19.4 Å². The van der Waals surface area contributed by atoms with Crippen molar-refractivity contribution >= 4 is 5.91 Å². The summed E-state index contributed by atoms with van der Waals surface area (Å²) in [6.07, 6.45) is 5.09. The third kappa shape index (κ3) is 4.18. The number of nitrogens with zero attached hydrogens (tertiary/aromatic N) is 3. The Bertz CT molecular complexity index is 892. The normalized spacial score (nSPS) is 10.4. The van der Waals surface area contributed by atoms with Crippen LogP contribution < -0.4 is 14.8 Å². The van der Waals surface area contributed by atoms with Gasteiger partial charge in [-0.05, 0) is 25.1 Å². The first kappa shape index (κ1) is 17.5. The monoisotopic (exact) mass is 352 g/mol. The molecule has 2 heterocycles. The number of benzene rings is 1. The number of carbonyl (C=O) groups is 1. The van der Waals surface area contributed by atoms with Crippen LogP contribution in [0.25, 0.3) is 0 Å². The van der Waals surface area contributed by atoms with E-state index in [0.717, 1.165) is 11.4 Å². The van der Waals surface area contributed by atoms with Gasteiger partial charge in [-0.25, -0.2) is 9.97 Å². The number of nitrogens with one attached hydrogen (secondary N) is 1. The molecule has 1 aromatic carbocycles. The van der Waals surface area contributed by atoms with E-state index in [1.165, 1.54) is 0 Å². The Hall–Kier alpha value is -3.35. The molecule has 0 aliphatic carbocycles. The van der Waals surface area contributed by atoms with Crippen LogP contribution in [-0.2, 0) is 17.9 Å². The fraction of sp³-hybridized carbons (Fsp3) is 0.211. The van der Waals surface area contributed by atoms with Gasteiger partial charge in [-0.2, -0.15) is 0 Å². The maximum atomic E-state index is 12.2. The number of aromatic nitrogens is 3. The zero-order valence-electron chi connectivity index (χ0n) is 14.7. The number of ether oxygens (including phenoxy) is 2. The summed E-state index contributed by atoms with van der Waals surface area (Å²) in [5.74, 6) is 2.29. The lowest BCUT2D eigenvalue weighted by Gasteiger charge is -2.13. The summed E-state index contributed by atoms with van der Waals surface area (Å²) in [7, 11) is 1.58. The van der Waals surface area contributed by atoms with Crippen LogP contribution in [0.5, 0.6) is 17.4 Å². The second-order valence-corrected chi connectivity index (χ2v) is 5.60. The number of hydrogen-bond donors (Lipinski definition) is 1. The first-order valence-corrected chi connectivity index (χ1v) is 8.16. The topological polar surface area (TPSA) is 78.3 Å². The summed E-state index contributed by atoms with van der Waals surface area (Å²) in [5.41, 5.74) is 0.772. The smallest absolute Gasteiger partial charge is 0.240 e. The van der Waals surface area contributed by atoms with E-state index < -0.39 is 0 Å². The van der Waals surface area contributed by atoms with Crippen LogP contribution in [0.1, 0.15) is 11.4 Å². The van der Waals surface area contributed by atoms with Gasteiger partial charge in [0.25, 0.3) is 0 Å². The maximum absolute atomic E-state index is 12.2. The third-order valence-corrected chi connectivity index (χ3v) is 3.84. The summed E-state index contributed by atoms with van der Waals surface area (Å²) in [4.78, 5) is 20.5. The molecule has 1 amide bonds. The Morgan fingerprint density at radius 2 is 1.92 bits per heavy atom. The molecule has 0 atom stereocenters. The Morgan fingerprint density at radius 1 is 1.12 bits per heavy atom. The van der Waals surface area contributed by atoms with E-state index in [9.17, 15) is 4.79 Å². The molecule has 3 rings (SSSR count). The van der Waals surface area contributed by atoms with Gasteiger partial charge in [-0.3, -0.25) is 4.79 Å². The molecule has 7 nitrogen and oxygen atoms in total. The van der Waals surface area contributed by atoms with Gasteiger partial charge in [-0.1, -0.05) is 18.2 Å². The summed E-state index contributed by atoms with van der Waals surface area (Å²) in [6, 6.07) is 11.0. The van der Waals surface area contributed by atoms with Crippen LogP contribution in [0, 0.1) is 6.92 Å². The average Bonchev–Trinajstić information content (AvgIpc) is 3.06. The summed E-state index contributed by atoms with van der Waals surface area (Å²) in [5, 5.41) is 2.88. The molecule has 26 heavy (non-hydrogen) atoms. The second kappa shape index (κ2) is 8.15. The van der Waals surface area contributed by atoms with Crippen molar-refractivity contribution in [3.8, 4) is 17.4 Å². The Kier molecular flexibility index (Phi) is 5.48. The van der Waals surface area contributed by atoms with E-state index in [1.807, 2.05) is 31.2 Å². The number of aryl methyl sites for hydroxylation is 1. The van der Waals surface area contributed by atoms with Crippen molar-refractivity contribution in [2.24, 2.45) is 0 Å². The number of amides is 1. The summed E-state index contributed by atoms with van der Waals surface area (Å²) in [6.45, 7) is 2.38. The lowest BCUT2D eigenvalue weighted by atomic mass is 10.2. The van der Waals surface area contributed by atoms with Crippen LogP contribution in [0.15, 0.2) is 55.0 Å². The lowest BCUT2D eigenvalue weighted by Crippen LogP contribution is -2.27. The van der Waals surface area contributed by atoms with E-state index in [4.69, 9.17) is 9.47 Å². The molecular weight excluding hydrogens is 332 g/mol. The van der Waals surface area contributed by atoms with E-state index in [2.05, 4.69) is 15.3 Å². The van der Waals surface area contributed by atoms with Crippen LogP contribution in [0.3, 0.4) is 0 Å². The van der Waals surface area contributed by atoms with Crippen molar-refractivity contribution < 1.29 is 14.3 Å². The standard InChI is InChI=1S/C19H20N4O3/c1-14-20-10-11-23(14)13-18(24)22-12-15-6-5-9-21-19(15)26-17-8-4-3-7-16(17)25-2/h3-11H,12-13H2,1-2H3,(H,22,24). The highest BCUT2D eigenvalue weighted by Crippen LogP contribution is 2.31. The van der Waals surface area contributed by atoms with Gasteiger partial charge in [0, 0.05) is 30.7 Å². The predicted octanol–water partition coefficient (Wildman–Crippen LogP) is 2.70. The summed E-state index contributed by atoms with van der Waals surface area (Å²) < 4.78 is 13.0. The van der Waals surface area contributed by atoms with Crippen molar-refractivity contribution in [2.75, 3.05) is 7.11 Å². The molecule has 0 aliphatic heterocycles. The van der Waals surface area contributed by atoms with Gasteiger partial charge >= 0.3 is 0 Å². The van der Waals surface area contributed by atoms with Crippen LogP contribution in [-0.4, -0.2) is 27.6 Å². The van der Waals surface area contributed by atoms with Crippen molar-refractivity contribution in [2.45, 2.75) is 20.0 Å². The number of methoxy groups -OCH3 is 1. The first-order valence-electron chi connectivity index (χ1n) is 8.16. The van der Waals surface area contributed by atoms with Crippen molar-refractivity contribution in [3.63, 3.8) is 0 Å². The number of imidazole rings is 1. The number of hydrogen-bond acceptors (Lipinski definition) is 5. The molecule has 0 spiro atoms. The van der Waals surface area contributed by atoms with E-state index >= 15 is 0 Å². The molecule has 2 aromatic heterocycles. The quantitative estimate of drug-likeness (QED) is 0.707. The predicted molar refractivity (Wildman–Crippen MR) is 96.1 cm³/mol. The lowest BCUT2D eigenvalue weighted by molar-refractivity contribution is -0.121. The van der Waals surface area contributed by atoms with Crippen LogP contribution >= 0.6 is 0 Å². The molecular formula is C19H20N4O3. The van der Waals surface area contributed by atoms with E-state index in [-0.39, 0.29) is 12.5 Å².